The van der Waals surface area contributed by atoms with Crippen LogP contribution in [0.4, 0.5) is 0 Å². The molecule has 0 radical (unpaired) electrons. The maximum Gasteiger partial charge on any atom is 0.0963 e. The molecule has 17 heavy (non-hydrogen) atoms. The lowest BCUT2D eigenvalue weighted by Gasteiger charge is -1.99. The van der Waals surface area contributed by atoms with Crippen molar-refractivity contribution in [2.75, 3.05) is 0 Å². The molecule has 1 aromatic carbocycles. The van der Waals surface area contributed by atoms with Crippen molar-refractivity contribution in [3.63, 3.8) is 0 Å². The van der Waals surface area contributed by atoms with Crippen LogP contribution in [0.2, 0.25) is 0 Å². The highest BCUT2D eigenvalue weighted by Gasteiger charge is 2.22. The van der Waals surface area contributed by atoms with Gasteiger partial charge in [0.15, 0.2) is 0 Å². The van der Waals surface area contributed by atoms with E-state index in [2.05, 4.69) is 51.1 Å². The van der Waals surface area contributed by atoms with Gasteiger partial charge in [0.1, 0.15) is 0 Å². The molecule has 1 fully saturated rings. The Hall–Kier alpha value is -1.09. The summed E-state index contributed by atoms with van der Waals surface area (Å²) in [6, 6.07) is 10.4. The topological polar surface area (TPSA) is 17.8 Å². The number of alkyl halides is 1. The zero-order chi connectivity index (χ0) is 11.7. The first-order valence-corrected chi connectivity index (χ1v) is 7.16. The predicted octanol–water partition coefficient (Wildman–Crippen LogP) is 3.86. The van der Waals surface area contributed by atoms with Crippen LogP contribution in [-0.2, 0) is 11.9 Å². The molecule has 1 aliphatic carbocycles. The number of aromatic nitrogens is 2. The lowest BCUT2D eigenvalue weighted by molar-refractivity contribution is 0.564. The fourth-order valence-corrected chi connectivity index (χ4v) is 2.47. The van der Waals surface area contributed by atoms with Gasteiger partial charge in [-0.2, -0.15) is 5.10 Å². The highest BCUT2D eigenvalue weighted by atomic mass is 79.9. The average molecular weight is 291 g/mol. The van der Waals surface area contributed by atoms with E-state index in [0.29, 0.717) is 0 Å². The van der Waals surface area contributed by atoms with Crippen LogP contribution in [0, 0.1) is 5.92 Å². The monoisotopic (exact) mass is 290 g/mol. The minimum atomic E-state index is 0.863. The molecule has 0 amide bonds. The number of benzene rings is 1. The SMILES string of the molecule is BrCc1cn(CC2CC2)nc1-c1ccccc1. The summed E-state index contributed by atoms with van der Waals surface area (Å²) in [4.78, 5) is 0. The summed E-state index contributed by atoms with van der Waals surface area (Å²) in [5, 5.41) is 5.58. The Kier molecular flexibility index (Phi) is 3.02. The quantitative estimate of drug-likeness (QED) is 0.782. The summed E-state index contributed by atoms with van der Waals surface area (Å²) in [7, 11) is 0. The predicted molar refractivity (Wildman–Crippen MR) is 73.0 cm³/mol. The van der Waals surface area contributed by atoms with Crippen LogP contribution in [0.3, 0.4) is 0 Å². The van der Waals surface area contributed by atoms with Gasteiger partial charge in [0.05, 0.1) is 5.69 Å². The molecule has 1 saturated carbocycles. The zero-order valence-electron chi connectivity index (χ0n) is 9.64. The molecule has 1 aliphatic rings. The third-order valence-corrected chi connectivity index (χ3v) is 3.77. The van der Waals surface area contributed by atoms with Crippen LogP contribution >= 0.6 is 15.9 Å². The molecular weight excluding hydrogens is 276 g/mol. The van der Waals surface area contributed by atoms with E-state index in [4.69, 9.17) is 5.10 Å². The standard InChI is InChI=1S/C14H15BrN2/c15-8-13-10-17(9-11-6-7-11)16-14(13)12-4-2-1-3-5-12/h1-5,10-11H,6-9H2. The molecule has 0 saturated heterocycles. The molecule has 1 heterocycles. The van der Waals surface area contributed by atoms with E-state index < -0.39 is 0 Å². The van der Waals surface area contributed by atoms with Crippen molar-refractivity contribution in [1.29, 1.82) is 0 Å². The zero-order valence-corrected chi connectivity index (χ0v) is 11.2. The largest absolute Gasteiger partial charge is 0.272 e. The number of rotatable bonds is 4. The smallest absolute Gasteiger partial charge is 0.0963 e. The van der Waals surface area contributed by atoms with E-state index in [1.807, 2.05) is 6.07 Å². The van der Waals surface area contributed by atoms with Crippen LogP contribution in [0.15, 0.2) is 36.5 Å². The average Bonchev–Trinajstić information content (AvgIpc) is 3.08. The van der Waals surface area contributed by atoms with Crippen LogP contribution in [0.5, 0.6) is 0 Å². The molecule has 0 bridgehead atoms. The molecule has 3 rings (SSSR count). The van der Waals surface area contributed by atoms with E-state index in [9.17, 15) is 0 Å². The van der Waals surface area contributed by atoms with Crippen LogP contribution < -0.4 is 0 Å². The second-order valence-electron chi connectivity index (χ2n) is 4.67. The number of hydrogen-bond acceptors (Lipinski definition) is 1. The molecule has 2 aromatic rings. The number of nitrogens with zero attached hydrogens (tertiary/aromatic N) is 2. The molecule has 1 aromatic heterocycles. The van der Waals surface area contributed by atoms with Crippen LogP contribution in [0.25, 0.3) is 11.3 Å². The van der Waals surface area contributed by atoms with Gasteiger partial charge >= 0.3 is 0 Å². The molecule has 2 nitrogen and oxygen atoms in total. The second-order valence-corrected chi connectivity index (χ2v) is 5.23. The Labute approximate surface area is 110 Å². The number of hydrogen-bond donors (Lipinski definition) is 0. The molecule has 0 unspecified atom stereocenters. The van der Waals surface area contributed by atoms with Gasteiger partial charge in [-0.25, -0.2) is 0 Å². The van der Waals surface area contributed by atoms with Crippen LogP contribution in [-0.4, -0.2) is 9.78 Å². The van der Waals surface area contributed by atoms with E-state index in [1.54, 1.807) is 0 Å². The Morgan fingerprint density at radius 2 is 2.00 bits per heavy atom. The maximum atomic E-state index is 4.72. The molecule has 0 N–H and O–H groups in total. The first-order chi connectivity index (χ1) is 8.36. The van der Waals surface area contributed by atoms with Crippen molar-refractivity contribution in [3.8, 4) is 11.3 Å². The van der Waals surface area contributed by atoms with Gasteiger partial charge in [-0.1, -0.05) is 46.3 Å². The van der Waals surface area contributed by atoms with Crippen molar-refractivity contribution in [2.24, 2.45) is 5.92 Å². The lowest BCUT2D eigenvalue weighted by Crippen LogP contribution is -1.99. The van der Waals surface area contributed by atoms with Gasteiger partial charge in [0.25, 0.3) is 0 Å². The van der Waals surface area contributed by atoms with Crippen molar-refractivity contribution >= 4 is 15.9 Å². The van der Waals surface area contributed by atoms with Crippen molar-refractivity contribution in [3.05, 3.63) is 42.1 Å². The summed E-state index contributed by atoms with van der Waals surface area (Å²) >= 11 is 3.55. The van der Waals surface area contributed by atoms with Gasteiger partial charge < -0.3 is 0 Å². The van der Waals surface area contributed by atoms with Gasteiger partial charge in [-0.15, -0.1) is 0 Å². The fourth-order valence-electron chi connectivity index (χ4n) is 2.06. The van der Waals surface area contributed by atoms with Crippen molar-refractivity contribution < 1.29 is 0 Å². The van der Waals surface area contributed by atoms with E-state index in [-0.39, 0.29) is 0 Å². The fraction of sp³-hybridized carbons (Fsp3) is 0.357. The van der Waals surface area contributed by atoms with Gasteiger partial charge in [0, 0.05) is 29.2 Å². The van der Waals surface area contributed by atoms with E-state index in [0.717, 1.165) is 23.5 Å². The third kappa shape index (κ3) is 2.44. The molecule has 0 atom stereocenters. The summed E-state index contributed by atoms with van der Waals surface area (Å²) in [6.45, 7) is 1.08. The van der Waals surface area contributed by atoms with E-state index in [1.165, 1.54) is 24.0 Å². The summed E-state index contributed by atoms with van der Waals surface area (Å²) in [6.07, 6.45) is 4.91. The first kappa shape index (κ1) is 11.0. The highest BCUT2D eigenvalue weighted by molar-refractivity contribution is 9.08. The van der Waals surface area contributed by atoms with Crippen molar-refractivity contribution in [1.82, 2.24) is 9.78 Å². The van der Waals surface area contributed by atoms with Gasteiger partial charge in [-0.05, 0) is 18.8 Å². The van der Waals surface area contributed by atoms with Gasteiger partial charge in [-0.3, -0.25) is 4.68 Å². The maximum absolute atomic E-state index is 4.72. The van der Waals surface area contributed by atoms with Crippen molar-refractivity contribution in [2.45, 2.75) is 24.7 Å². The minimum Gasteiger partial charge on any atom is -0.272 e. The molecule has 3 heteroatoms. The normalized spacial score (nSPS) is 15.1. The molecule has 88 valence electrons. The Balaban J connectivity index is 1.94. The molecular formula is C14H15BrN2. The lowest BCUT2D eigenvalue weighted by atomic mass is 10.1. The van der Waals surface area contributed by atoms with E-state index >= 15 is 0 Å². The minimum absolute atomic E-state index is 0.863. The third-order valence-electron chi connectivity index (χ3n) is 3.17. The van der Waals surface area contributed by atoms with Crippen LogP contribution in [0.1, 0.15) is 18.4 Å². The molecule has 0 aliphatic heterocycles. The number of halogens is 1. The Bertz CT molecular complexity index is 500. The Morgan fingerprint density at radius 1 is 1.24 bits per heavy atom. The second kappa shape index (κ2) is 4.65. The summed E-state index contributed by atoms with van der Waals surface area (Å²) in [5.41, 5.74) is 3.59. The van der Waals surface area contributed by atoms with Gasteiger partial charge in [0.2, 0.25) is 0 Å². The summed E-state index contributed by atoms with van der Waals surface area (Å²) in [5.74, 6) is 0.863. The first-order valence-electron chi connectivity index (χ1n) is 6.04. The summed E-state index contributed by atoms with van der Waals surface area (Å²) < 4.78 is 2.11. The highest BCUT2D eigenvalue weighted by Crippen LogP contribution is 2.31. The Morgan fingerprint density at radius 3 is 2.65 bits per heavy atom. The molecule has 0 spiro atoms.